The van der Waals surface area contributed by atoms with Crippen LogP contribution in [0.1, 0.15) is 68.7 Å². The Kier molecular flexibility index (Phi) is 5.04. The normalized spacial score (nSPS) is 20.2. The van der Waals surface area contributed by atoms with Gasteiger partial charge in [0, 0.05) is 12.1 Å². The molecule has 1 saturated carbocycles. The molecular formula is C18H29N. The number of hydrogen-bond donors (Lipinski definition) is 1. The minimum absolute atomic E-state index is 0.454. The van der Waals surface area contributed by atoms with Gasteiger partial charge < -0.3 is 5.32 Å². The Balaban J connectivity index is 1.97. The van der Waals surface area contributed by atoms with Crippen LogP contribution in [-0.4, -0.2) is 6.04 Å². The van der Waals surface area contributed by atoms with E-state index in [4.69, 9.17) is 0 Å². The summed E-state index contributed by atoms with van der Waals surface area (Å²) in [5.74, 6) is 0.877. The van der Waals surface area contributed by atoms with E-state index in [1.54, 1.807) is 0 Å². The van der Waals surface area contributed by atoms with Gasteiger partial charge in [-0.3, -0.25) is 0 Å². The minimum atomic E-state index is 0.454. The third-order valence-electron chi connectivity index (χ3n) is 4.61. The first kappa shape index (κ1) is 14.6. The van der Waals surface area contributed by atoms with Crippen molar-refractivity contribution < 1.29 is 0 Å². The van der Waals surface area contributed by atoms with Gasteiger partial charge in [-0.1, -0.05) is 48.6 Å². The van der Waals surface area contributed by atoms with Crippen molar-refractivity contribution in [2.24, 2.45) is 5.92 Å². The van der Waals surface area contributed by atoms with Crippen LogP contribution in [0.3, 0.4) is 0 Å². The van der Waals surface area contributed by atoms with E-state index in [-0.39, 0.29) is 0 Å². The van der Waals surface area contributed by atoms with E-state index in [0.29, 0.717) is 12.1 Å². The fourth-order valence-corrected chi connectivity index (χ4v) is 3.52. The fourth-order valence-electron chi connectivity index (χ4n) is 3.52. The van der Waals surface area contributed by atoms with E-state index in [9.17, 15) is 0 Å². The van der Waals surface area contributed by atoms with Crippen LogP contribution in [0.4, 0.5) is 0 Å². The molecule has 1 unspecified atom stereocenters. The van der Waals surface area contributed by atoms with Gasteiger partial charge >= 0.3 is 0 Å². The molecule has 1 aliphatic rings. The summed E-state index contributed by atoms with van der Waals surface area (Å²) in [6.45, 7) is 9.05. The van der Waals surface area contributed by atoms with Crippen molar-refractivity contribution in [3.63, 3.8) is 0 Å². The van der Waals surface area contributed by atoms with E-state index in [1.807, 2.05) is 0 Å². The molecule has 0 bridgehead atoms. The van der Waals surface area contributed by atoms with Crippen molar-refractivity contribution in [3.05, 3.63) is 34.9 Å². The first-order valence-electron chi connectivity index (χ1n) is 7.90. The molecule has 19 heavy (non-hydrogen) atoms. The maximum Gasteiger partial charge on any atom is 0.0294 e. The lowest BCUT2D eigenvalue weighted by Gasteiger charge is -2.31. The molecule has 0 spiro atoms. The molecular weight excluding hydrogens is 230 g/mol. The van der Waals surface area contributed by atoms with Crippen LogP contribution in [0.2, 0.25) is 0 Å². The van der Waals surface area contributed by atoms with Gasteiger partial charge in [0.2, 0.25) is 0 Å². The van der Waals surface area contributed by atoms with Gasteiger partial charge in [0.05, 0.1) is 0 Å². The molecule has 0 radical (unpaired) electrons. The standard InChI is InChI=1S/C18H29N/c1-13-10-14(2)12-18(11-13)16(4)19-15(3)17-8-6-5-7-9-17/h10-12,15-17,19H,5-9H2,1-4H3/t15-,16?/m0/s1. The minimum Gasteiger partial charge on any atom is -0.307 e. The first-order valence-corrected chi connectivity index (χ1v) is 7.90. The van der Waals surface area contributed by atoms with Crippen molar-refractivity contribution in [3.8, 4) is 0 Å². The van der Waals surface area contributed by atoms with Gasteiger partial charge in [-0.25, -0.2) is 0 Å². The van der Waals surface area contributed by atoms with Gasteiger partial charge in [-0.05, 0) is 52.0 Å². The van der Waals surface area contributed by atoms with Gasteiger partial charge in [0.25, 0.3) is 0 Å². The van der Waals surface area contributed by atoms with Crippen LogP contribution in [0.15, 0.2) is 18.2 Å². The summed E-state index contributed by atoms with van der Waals surface area (Å²) in [5.41, 5.74) is 4.17. The Hall–Kier alpha value is -0.820. The number of hydrogen-bond acceptors (Lipinski definition) is 1. The van der Waals surface area contributed by atoms with Crippen molar-refractivity contribution in [1.82, 2.24) is 5.32 Å². The Morgan fingerprint density at radius 3 is 2.11 bits per heavy atom. The SMILES string of the molecule is Cc1cc(C)cc(C(C)N[C@@H](C)C2CCCCC2)c1. The molecule has 0 saturated heterocycles. The lowest BCUT2D eigenvalue weighted by Crippen LogP contribution is -2.36. The molecule has 1 nitrogen and oxygen atoms in total. The summed E-state index contributed by atoms with van der Waals surface area (Å²) in [6, 6.07) is 7.98. The maximum atomic E-state index is 3.82. The highest BCUT2D eigenvalue weighted by Gasteiger charge is 2.21. The summed E-state index contributed by atoms with van der Waals surface area (Å²) in [4.78, 5) is 0. The zero-order chi connectivity index (χ0) is 13.8. The van der Waals surface area contributed by atoms with E-state index in [2.05, 4.69) is 51.2 Å². The van der Waals surface area contributed by atoms with Crippen molar-refractivity contribution in [2.75, 3.05) is 0 Å². The Bertz CT molecular complexity index is 384. The van der Waals surface area contributed by atoms with Gasteiger partial charge in [-0.2, -0.15) is 0 Å². The molecule has 2 rings (SSSR count). The Morgan fingerprint density at radius 1 is 0.947 bits per heavy atom. The number of aryl methyl sites for hydroxylation is 2. The fraction of sp³-hybridized carbons (Fsp3) is 0.667. The quantitative estimate of drug-likeness (QED) is 0.809. The van der Waals surface area contributed by atoms with Gasteiger partial charge in [0.1, 0.15) is 0 Å². The molecule has 1 aromatic carbocycles. The molecule has 0 amide bonds. The zero-order valence-corrected chi connectivity index (χ0v) is 13.0. The molecule has 1 aliphatic carbocycles. The molecule has 0 aliphatic heterocycles. The van der Waals surface area contributed by atoms with Crippen LogP contribution in [0, 0.1) is 19.8 Å². The second-order valence-electron chi connectivity index (χ2n) is 6.50. The lowest BCUT2D eigenvalue weighted by molar-refractivity contribution is 0.268. The molecule has 0 aromatic heterocycles. The Labute approximate surface area is 118 Å². The smallest absolute Gasteiger partial charge is 0.0294 e. The summed E-state index contributed by atoms with van der Waals surface area (Å²) < 4.78 is 0. The molecule has 1 fully saturated rings. The van der Waals surface area contributed by atoms with Crippen LogP contribution in [-0.2, 0) is 0 Å². The average Bonchev–Trinajstić information content (AvgIpc) is 2.38. The second-order valence-corrected chi connectivity index (χ2v) is 6.50. The average molecular weight is 259 g/mol. The number of rotatable bonds is 4. The predicted molar refractivity (Wildman–Crippen MR) is 83.5 cm³/mol. The number of nitrogens with one attached hydrogen (secondary N) is 1. The molecule has 0 heterocycles. The van der Waals surface area contributed by atoms with Gasteiger partial charge in [0.15, 0.2) is 0 Å². The maximum absolute atomic E-state index is 3.82. The number of benzene rings is 1. The van der Waals surface area contributed by atoms with Crippen LogP contribution >= 0.6 is 0 Å². The second kappa shape index (κ2) is 6.56. The van der Waals surface area contributed by atoms with Gasteiger partial charge in [-0.15, -0.1) is 0 Å². The third-order valence-corrected chi connectivity index (χ3v) is 4.61. The predicted octanol–water partition coefficient (Wildman–Crippen LogP) is 4.92. The van der Waals surface area contributed by atoms with Crippen LogP contribution < -0.4 is 5.32 Å². The Morgan fingerprint density at radius 2 is 1.53 bits per heavy atom. The molecule has 1 aromatic rings. The highest BCUT2D eigenvalue weighted by Crippen LogP contribution is 2.28. The van der Waals surface area contributed by atoms with Crippen molar-refractivity contribution in [2.45, 2.75) is 71.9 Å². The molecule has 106 valence electrons. The van der Waals surface area contributed by atoms with E-state index < -0.39 is 0 Å². The van der Waals surface area contributed by atoms with Crippen molar-refractivity contribution in [1.29, 1.82) is 0 Å². The monoisotopic (exact) mass is 259 g/mol. The van der Waals surface area contributed by atoms with E-state index in [0.717, 1.165) is 5.92 Å². The third kappa shape index (κ3) is 4.07. The molecule has 1 heteroatoms. The molecule has 2 atom stereocenters. The lowest BCUT2D eigenvalue weighted by atomic mass is 9.84. The summed E-state index contributed by atoms with van der Waals surface area (Å²) in [7, 11) is 0. The van der Waals surface area contributed by atoms with Crippen molar-refractivity contribution >= 4 is 0 Å². The highest BCUT2D eigenvalue weighted by atomic mass is 14.9. The first-order chi connectivity index (χ1) is 9.06. The topological polar surface area (TPSA) is 12.0 Å². The van der Waals surface area contributed by atoms with E-state index >= 15 is 0 Å². The summed E-state index contributed by atoms with van der Waals surface area (Å²) in [5, 5.41) is 3.82. The zero-order valence-electron chi connectivity index (χ0n) is 13.0. The summed E-state index contributed by atoms with van der Waals surface area (Å²) in [6.07, 6.45) is 7.11. The largest absolute Gasteiger partial charge is 0.307 e. The van der Waals surface area contributed by atoms with Crippen LogP contribution in [0.5, 0.6) is 0 Å². The molecule has 1 N–H and O–H groups in total. The highest BCUT2D eigenvalue weighted by molar-refractivity contribution is 5.30. The van der Waals surface area contributed by atoms with Crippen LogP contribution in [0.25, 0.3) is 0 Å². The van der Waals surface area contributed by atoms with E-state index in [1.165, 1.54) is 48.8 Å². The summed E-state index contributed by atoms with van der Waals surface area (Å²) >= 11 is 0.